The molecule has 0 aliphatic heterocycles. The van der Waals surface area contributed by atoms with Gasteiger partial charge in [-0.05, 0) is 89.9 Å². The Morgan fingerprint density at radius 1 is 0.372 bits per heavy atom. The van der Waals surface area contributed by atoms with Gasteiger partial charge in [-0.25, -0.2) is 0 Å². The van der Waals surface area contributed by atoms with Crippen LogP contribution in [0.3, 0.4) is 0 Å². The molecular weight excluding hydrogens is 520 g/mol. The number of rotatable bonds is 3. The van der Waals surface area contributed by atoms with Crippen LogP contribution in [0.2, 0.25) is 0 Å². The first-order valence-corrected chi connectivity index (χ1v) is 14.6. The van der Waals surface area contributed by atoms with Crippen LogP contribution < -0.4 is 0 Å². The summed E-state index contributed by atoms with van der Waals surface area (Å²) in [7, 11) is 0. The van der Waals surface area contributed by atoms with Gasteiger partial charge in [0, 0.05) is 10.8 Å². The molecule has 0 aliphatic rings. The quantitative estimate of drug-likeness (QED) is 0.200. The Bertz CT molecular complexity index is 2550. The highest BCUT2D eigenvalue weighted by Crippen LogP contribution is 2.44. The van der Waals surface area contributed by atoms with E-state index < -0.39 is 0 Å². The van der Waals surface area contributed by atoms with Crippen molar-refractivity contribution in [3.05, 3.63) is 158 Å². The van der Waals surface area contributed by atoms with E-state index in [1.165, 1.54) is 43.8 Å². The van der Waals surface area contributed by atoms with Gasteiger partial charge in [0.2, 0.25) is 0 Å². The van der Waals surface area contributed by atoms with E-state index in [2.05, 4.69) is 103 Å². The Balaban J connectivity index is 1.21. The van der Waals surface area contributed by atoms with Crippen LogP contribution in [-0.4, -0.2) is 0 Å². The third kappa shape index (κ3) is 3.79. The van der Waals surface area contributed by atoms with E-state index in [9.17, 15) is 0 Å². The summed E-state index contributed by atoms with van der Waals surface area (Å²) in [6.07, 6.45) is 0. The van der Waals surface area contributed by atoms with Crippen molar-refractivity contribution in [2.45, 2.75) is 0 Å². The fourth-order valence-corrected chi connectivity index (χ4v) is 6.70. The summed E-state index contributed by atoms with van der Waals surface area (Å²) in [5.41, 5.74) is 8.50. The second kappa shape index (κ2) is 9.44. The smallest absolute Gasteiger partial charge is 0.135 e. The molecule has 9 rings (SSSR count). The van der Waals surface area contributed by atoms with Crippen molar-refractivity contribution in [1.29, 1.82) is 0 Å². The maximum Gasteiger partial charge on any atom is 0.135 e. The lowest BCUT2D eigenvalue weighted by molar-refractivity contribution is 0.669. The van der Waals surface area contributed by atoms with E-state index in [0.29, 0.717) is 17.7 Å². The molecule has 0 amide bonds. The van der Waals surface area contributed by atoms with Gasteiger partial charge in [0.25, 0.3) is 0 Å². The van der Waals surface area contributed by atoms with Crippen LogP contribution in [0.1, 0.15) is 2.74 Å². The molecule has 9 aromatic rings. The van der Waals surface area contributed by atoms with Crippen molar-refractivity contribution in [2.24, 2.45) is 0 Å². The molecule has 0 unspecified atom stereocenters. The maximum absolute atomic E-state index is 8.24. The molecule has 1 nitrogen and oxygen atoms in total. The van der Waals surface area contributed by atoms with Gasteiger partial charge in [0.15, 0.2) is 0 Å². The summed E-state index contributed by atoms with van der Waals surface area (Å²) in [6, 6.07) is 51.6. The third-order valence-electron chi connectivity index (χ3n) is 8.71. The van der Waals surface area contributed by atoms with Gasteiger partial charge in [-0.3, -0.25) is 0 Å². The average molecular weight is 549 g/mol. The van der Waals surface area contributed by atoms with Crippen molar-refractivity contribution < 1.29 is 7.16 Å². The normalized spacial score (nSPS) is 12.4. The zero-order valence-electron chi connectivity index (χ0n) is 25.3. The Labute approximate surface area is 252 Å². The van der Waals surface area contributed by atoms with Crippen molar-refractivity contribution in [2.75, 3.05) is 0 Å². The zero-order valence-corrected chi connectivity index (χ0v) is 23.3. The molecule has 200 valence electrons. The Kier molecular flexibility index (Phi) is 4.83. The summed E-state index contributed by atoms with van der Waals surface area (Å²) in [6.45, 7) is 0. The van der Waals surface area contributed by atoms with Gasteiger partial charge in [0.1, 0.15) is 11.2 Å². The molecule has 1 heteroatoms. The highest BCUT2D eigenvalue weighted by Gasteiger charge is 2.17. The number of para-hydroxylation sites is 1. The number of hydrogen-bond donors (Lipinski definition) is 0. The molecule has 1 heterocycles. The number of furan rings is 1. The lowest BCUT2D eigenvalue weighted by Crippen LogP contribution is -1.91. The number of benzene rings is 8. The summed E-state index contributed by atoms with van der Waals surface area (Å²) < 4.78 is 22.3. The van der Waals surface area contributed by atoms with Crippen molar-refractivity contribution in [1.82, 2.24) is 0 Å². The lowest BCUT2D eigenvalue weighted by atomic mass is 9.85. The molecule has 0 N–H and O–H groups in total. The molecule has 0 aliphatic carbocycles. The minimum Gasteiger partial charge on any atom is -0.456 e. The van der Waals surface area contributed by atoms with Gasteiger partial charge in [-0.15, -0.1) is 0 Å². The third-order valence-corrected chi connectivity index (χ3v) is 8.71. The minimum absolute atomic E-state index is 0.406. The predicted octanol–water partition coefficient (Wildman–Crippen LogP) is 12.0. The number of fused-ring (bicyclic) bond motifs is 6. The van der Waals surface area contributed by atoms with Crippen LogP contribution in [0.15, 0.2) is 162 Å². The molecule has 0 spiro atoms. The maximum atomic E-state index is 8.24. The first-order chi connectivity index (χ1) is 22.1. The zero-order chi connectivity index (χ0) is 30.1. The molecule has 0 fully saturated rings. The van der Waals surface area contributed by atoms with Crippen LogP contribution in [0, 0.1) is 0 Å². The van der Waals surface area contributed by atoms with Gasteiger partial charge < -0.3 is 4.42 Å². The second-order valence-electron chi connectivity index (χ2n) is 11.1. The van der Waals surface area contributed by atoms with E-state index in [1.54, 1.807) is 6.07 Å². The second-order valence-corrected chi connectivity index (χ2v) is 11.1. The van der Waals surface area contributed by atoms with Gasteiger partial charge in [-0.1, -0.05) is 133 Å². The first kappa shape index (κ1) is 22.0. The fraction of sp³-hybridized carbons (Fsp3) is 0. The number of hydrogen-bond acceptors (Lipinski definition) is 1. The molecule has 0 atom stereocenters. The van der Waals surface area contributed by atoms with E-state index in [0.717, 1.165) is 38.3 Å². The molecule has 43 heavy (non-hydrogen) atoms. The standard InChI is InChI=1S/C42H26O/c1-2-10-30-25-32(22-19-27(30)9-1)42-36-14-5-3-12-34(36)41(35-13-4-6-15-37(35)42)29-20-17-28(18-21-29)31-23-24-40-38(26-31)33-11-7-8-16-39(33)43-40/h1-26H/i1D,16D. The minimum atomic E-state index is 0.406. The van der Waals surface area contributed by atoms with Crippen LogP contribution >= 0.6 is 0 Å². The molecule has 0 saturated heterocycles. The Morgan fingerprint density at radius 3 is 1.72 bits per heavy atom. The van der Waals surface area contributed by atoms with Gasteiger partial charge in [-0.2, -0.15) is 0 Å². The van der Waals surface area contributed by atoms with E-state index in [4.69, 9.17) is 7.16 Å². The average Bonchev–Trinajstić information content (AvgIpc) is 3.46. The largest absolute Gasteiger partial charge is 0.456 e. The Hall–Kier alpha value is -5.66. The van der Waals surface area contributed by atoms with Gasteiger partial charge >= 0.3 is 0 Å². The van der Waals surface area contributed by atoms with Gasteiger partial charge in [0.05, 0.1) is 2.74 Å². The Morgan fingerprint density at radius 2 is 0.977 bits per heavy atom. The van der Waals surface area contributed by atoms with Crippen LogP contribution in [0.4, 0.5) is 0 Å². The fourth-order valence-electron chi connectivity index (χ4n) is 6.70. The molecule has 0 bridgehead atoms. The summed E-state index contributed by atoms with van der Waals surface area (Å²) >= 11 is 0. The van der Waals surface area contributed by atoms with Crippen molar-refractivity contribution in [3.8, 4) is 33.4 Å². The molecular formula is C42H26O. The first-order valence-electron chi connectivity index (χ1n) is 15.6. The summed E-state index contributed by atoms with van der Waals surface area (Å²) in [5.74, 6) is 0. The SMILES string of the molecule is [2H]c1ccc2cc(-c3c4ccccc4c(-c4ccc(-c5ccc6oc7c([2H])cccc7c6c5)cc4)c4ccccc34)ccc2c1. The topological polar surface area (TPSA) is 13.1 Å². The highest BCUT2D eigenvalue weighted by atomic mass is 16.3. The lowest BCUT2D eigenvalue weighted by Gasteiger charge is -2.18. The van der Waals surface area contributed by atoms with Crippen LogP contribution in [0.25, 0.3) is 87.6 Å². The predicted molar refractivity (Wildman–Crippen MR) is 183 cm³/mol. The summed E-state index contributed by atoms with van der Waals surface area (Å²) in [4.78, 5) is 0. The van der Waals surface area contributed by atoms with Crippen LogP contribution in [-0.2, 0) is 0 Å². The molecule has 1 aromatic heterocycles. The van der Waals surface area contributed by atoms with E-state index in [-0.39, 0.29) is 0 Å². The monoisotopic (exact) mass is 548 g/mol. The highest BCUT2D eigenvalue weighted by molar-refractivity contribution is 6.21. The van der Waals surface area contributed by atoms with Crippen molar-refractivity contribution >= 4 is 54.3 Å². The molecule has 8 aromatic carbocycles. The molecule has 0 radical (unpaired) electrons. The van der Waals surface area contributed by atoms with E-state index in [1.807, 2.05) is 36.4 Å². The summed E-state index contributed by atoms with van der Waals surface area (Å²) in [5, 5.41) is 9.10. The van der Waals surface area contributed by atoms with Crippen molar-refractivity contribution in [3.63, 3.8) is 0 Å². The van der Waals surface area contributed by atoms with Crippen LogP contribution in [0.5, 0.6) is 0 Å². The molecule has 0 saturated carbocycles. The van der Waals surface area contributed by atoms with E-state index >= 15 is 0 Å².